The summed E-state index contributed by atoms with van der Waals surface area (Å²) in [6.45, 7) is 11.9. The topological polar surface area (TPSA) is 112 Å². The quantitative estimate of drug-likeness (QED) is 0.288. The van der Waals surface area contributed by atoms with Crippen LogP contribution in [0.25, 0.3) is 11.4 Å². The van der Waals surface area contributed by atoms with E-state index in [1.165, 1.54) is 17.3 Å². The van der Waals surface area contributed by atoms with Gasteiger partial charge in [-0.15, -0.1) is 21.5 Å². The number of benzene rings is 1. The average Bonchev–Trinajstić information content (AvgIpc) is 3.36. The minimum absolute atomic E-state index is 0.0306. The molecular formula is C26H32N4O5S2. The highest BCUT2D eigenvalue weighted by atomic mass is 32.2. The van der Waals surface area contributed by atoms with Gasteiger partial charge in [0.05, 0.1) is 24.5 Å². The van der Waals surface area contributed by atoms with Gasteiger partial charge in [0.1, 0.15) is 9.88 Å². The Bertz CT molecular complexity index is 1290. The van der Waals surface area contributed by atoms with Gasteiger partial charge in [0.25, 0.3) is 0 Å². The van der Waals surface area contributed by atoms with Crippen LogP contribution in [0.5, 0.6) is 0 Å². The van der Waals surface area contributed by atoms with Gasteiger partial charge in [-0.2, -0.15) is 0 Å². The summed E-state index contributed by atoms with van der Waals surface area (Å²) < 4.78 is 12.1. The molecule has 1 amide bonds. The van der Waals surface area contributed by atoms with Crippen LogP contribution in [0.1, 0.15) is 65.8 Å². The summed E-state index contributed by atoms with van der Waals surface area (Å²) in [5.74, 6) is -0.784. The lowest BCUT2D eigenvalue weighted by molar-refractivity contribution is -0.113. The van der Waals surface area contributed by atoms with Crippen molar-refractivity contribution in [2.75, 3.05) is 24.3 Å². The maximum atomic E-state index is 12.8. The summed E-state index contributed by atoms with van der Waals surface area (Å²) in [6, 6.07) is 8.20. The molecule has 0 radical (unpaired) electrons. The van der Waals surface area contributed by atoms with Crippen molar-refractivity contribution in [3.63, 3.8) is 0 Å². The number of amides is 1. The molecule has 198 valence electrons. The van der Waals surface area contributed by atoms with Crippen LogP contribution in [-0.4, -0.2) is 51.6 Å². The van der Waals surface area contributed by atoms with E-state index < -0.39 is 11.9 Å². The zero-order valence-electron chi connectivity index (χ0n) is 22.1. The van der Waals surface area contributed by atoms with Crippen LogP contribution in [0, 0.1) is 6.92 Å². The van der Waals surface area contributed by atoms with Gasteiger partial charge < -0.3 is 19.4 Å². The van der Waals surface area contributed by atoms with Gasteiger partial charge in [0, 0.05) is 12.6 Å². The number of esters is 2. The van der Waals surface area contributed by atoms with Gasteiger partial charge in [-0.25, -0.2) is 9.59 Å². The van der Waals surface area contributed by atoms with Crippen molar-refractivity contribution in [2.45, 2.75) is 52.1 Å². The third-order valence-electron chi connectivity index (χ3n) is 5.52. The molecule has 0 aliphatic rings. The van der Waals surface area contributed by atoms with Gasteiger partial charge in [-0.05, 0) is 37.3 Å². The van der Waals surface area contributed by atoms with Gasteiger partial charge >= 0.3 is 11.9 Å². The van der Waals surface area contributed by atoms with Crippen LogP contribution in [0.3, 0.4) is 0 Å². The van der Waals surface area contributed by atoms with Crippen molar-refractivity contribution in [2.24, 2.45) is 7.05 Å². The lowest BCUT2D eigenvalue weighted by Gasteiger charge is -2.19. The normalized spacial score (nSPS) is 11.3. The molecule has 2 aromatic heterocycles. The number of aromatic nitrogens is 3. The molecule has 0 unspecified atom stereocenters. The Labute approximate surface area is 225 Å². The molecular weight excluding hydrogens is 512 g/mol. The van der Waals surface area contributed by atoms with Crippen LogP contribution in [0.15, 0.2) is 29.4 Å². The van der Waals surface area contributed by atoms with E-state index in [1.807, 2.05) is 23.7 Å². The van der Waals surface area contributed by atoms with Gasteiger partial charge in [-0.3, -0.25) is 4.79 Å². The van der Waals surface area contributed by atoms with Crippen LogP contribution in [0.4, 0.5) is 5.00 Å². The second-order valence-corrected chi connectivity index (χ2v) is 11.2. The minimum atomic E-state index is -0.606. The molecule has 0 bridgehead atoms. The summed E-state index contributed by atoms with van der Waals surface area (Å²) in [5.41, 5.74) is 2.78. The zero-order valence-corrected chi connectivity index (χ0v) is 23.8. The van der Waals surface area contributed by atoms with E-state index in [1.54, 1.807) is 20.8 Å². The Balaban J connectivity index is 1.74. The molecule has 11 heteroatoms. The van der Waals surface area contributed by atoms with E-state index in [4.69, 9.17) is 9.47 Å². The first-order chi connectivity index (χ1) is 17.5. The Morgan fingerprint density at radius 2 is 1.65 bits per heavy atom. The molecule has 0 atom stereocenters. The lowest BCUT2D eigenvalue weighted by atomic mass is 9.87. The predicted molar refractivity (Wildman–Crippen MR) is 145 cm³/mol. The van der Waals surface area contributed by atoms with Crippen molar-refractivity contribution >= 4 is 45.9 Å². The third-order valence-corrected chi connectivity index (χ3v) is 7.72. The molecule has 0 aliphatic heterocycles. The van der Waals surface area contributed by atoms with Crippen molar-refractivity contribution in [1.82, 2.24) is 14.8 Å². The number of carbonyl (C=O) groups excluding carboxylic acids is 3. The largest absolute Gasteiger partial charge is 0.462 e. The van der Waals surface area contributed by atoms with Crippen LogP contribution >= 0.6 is 23.1 Å². The summed E-state index contributed by atoms with van der Waals surface area (Å²) in [6.07, 6.45) is 0. The first-order valence-electron chi connectivity index (χ1n) is 11.9. The standard InChI is InChI=1S/C26H32N4O5S2/c1-8-34-23(32)19-15(3)20(24(33)35-9-2)37-22(19)27-18(31)14-36-25-29-28-21(30(25)7)16-10-12-17(13-11-16)26(4,5)6/h10-13H,8-9,14H2,1-7H3,(H,27,31). The molecule has 0 fully saturated rings. The van der Waals surface area contributed by atoms with Crippen molar-refractivity contribution < 1.29 is 23.9 Å². The van der Waals surface area contributed by atoms with Crippen molar-refractivity contribution in [1.29, 1.82) is 0 Å². The van der Waals surface area contributed by atoms with E-state index in [-0.39, 0.29) is 45.7 Å². The number of rotatable bonds is 9. The molecule has 0 saturated heterocycles. The number of ether oxygens (including phenoxy) is 2. The SMILES string of the molecule is CCOC(=O)c1sc(NC(=O)CSc2nnc(-c3ccc(C(C)(C)C)cc3)n2C)c(C(=O)OCC)c1C. The number of carbonyl (C=O) groups is 3. The Hall–Kier alpha value is -3.18. The van der Waals surface area contributed by atoms with Crippen LogP contribution in [-0.2, 0) is 26.7 Å². The first-order valence-corrected chi connectivity index (χ1v) is 13.7. The van der Waals surface area contributed by atoms with Crippen LogP contribution < -0.4 is 5.32 Å². The number of hydrogen-bond acceptors (Lipinski definition) is 9. The maximum absolute atomic E-state index is 12.8. The van der Waals surface area contributed by atoms with E-state index in [0.717, 1.165) is 16.9 Å². The van der Waals surface area contributed by atoms with E-state index in [9.17, 15) is 14.4 Å². The van der Waals surface area contributed by atoms with Crippen molar-refractivity contribution in [3.8, 4) is 11.4 Å². The smallest absolute Gasteiger partial charge is 0.348 e. The van der Waals surface area contributed by atoms with Crippen molar-refractivity contribution in [3.05, 3.63) is 45.8 Å². The number of thiophene rings is 1. The summed E-state index contributed by atoms with van der Waals surface area (Å²) in [5, 5.41) is 12.1. The minimum Gasteiger partial charge on any atom is -0.462 e. The molecule has 9 nitrogen and oxygen atoms in total. The summed E-state index contributed by atoms with van der Waals surface area (Å²) >= 11 is 2.22. The predicted octanol–water partition coefficient (Wildman–Crippen LogP) is 5.23. The Morgan fingerprint density at radius 1 is 1.03 bits per heavy atom. The summed E-state index contributed by atoms with van der Waals surface area (Å²) in [7, 11) is 1.85. The fraction of sp³-hybridized carbons (Fsp3) is 0.423. The molecule has 3 aromatic rings. The highest BCUT2D eigenvalue weighted by Crippen LogP contribution is 2.35. The first kappa shape index (κ1) is 28.4. The molecule has 0 saturated carbocycles. The molecule has 3 rings (SSSR count). The van der Waals surface area contributed by atoms with E-state index in [2.05, 4.69) is 48.4 Å². The highest BCUT2D eigenvalue weighted by molar-refractivity contribution is 7.99. The van der Waals surface area contributed by atoms with Crippen LogP contribution in [0.2, 0.25) is 0 Å². The van der Waals surface area contributed by atoms with E-state index >= 15 is 0 Å². The second kappa shape index (κ2) is 11.9. The summed E-state index contributed by atoms with van der Waals surface area (Å²) in [4.78, 5) is 37.9. The molecule has 2 heterocycles. The number of thioether (sulfide) groups is 1. The van der Waals surface area contributed by atoms with Gasteiger partial charge in [0.15, 0.2) is 11.0 Å². The molecule has 37 heavy (non-hydrogen) atoms. The number of nitrogens with zero attached hydrogens (tertiary/aromatic N) is 3. The highest BCUT2D eigenvalue weighted by Gasteiger charge is 2.27. The molecule has 1 aromatic carbocycles. The monoisotopic (exact) mass is 544 g/mol. The molecule has 1 N–H and O–H groups in total. The number of hydrogen-bond donors (Lipinski definition) is 1. The fourth-order valence-corrected chi connectivity index (χ4v) is 5.36. The fourth-order valence-electron chi connectivity index (χ4n) is 3.55. The Morgan fingerprint density at radius 3 is 2.24 bits per heavy atom. The van der Waals surface area contributed by atoms with Gasteiger partial charge in [-0.1, -0.05) is 56.8 Å². The maximum Gasteiger partial charge on any atom is 0.348 e. The number of anilines is 1. The zero-order chi connectivity index (χ0) is 27.3. The average molecular weight is 545 g/mol. The van der Waals surface area contributed by atoms with Gasteiger partial charge in [0.2, 0.25) is 5.91 Å². The van der Waals surface area contributed by atoms with E-state index in [0.29, 0.717) is 16.5 Å². The Kier molecular flexibility index (Phi) is 9.14. The second-order valence-electron chi connectivity index (χ2n) is 9.23. The third kappa shape index (κ3) is 6.58. The number of nitrogens with one attached hydrogen (secondary N) is 1. The molecule has 0 aliphatic carbocycles. The molecule has 0 spiro atoms. The lowest BCUT2D eigenvalue weighted by Crippen LogP contribution is -2.16.